The molecule has 18 heavy (non-hydrogen) atoms. The number of carboxylic acid groups (broad SMARTS) is 1. The molecule has 2 aromatic rings. The molecule has 0 amide bonds. The van der Waals surface area contributed by atoms with Crippen LogP contribution in [0, 0.1) is 6.92 Å². The van der Waals surface area contributed by atoms with E-state index in [2.05, 4.69) is 4.98 Å². The lowest BCUT2D eigenvalue weighted by atomic mass is 10.2. The van der Waals surface area contributed by atoms with Crippen molar-refractivity contribution in [2.45, 2.75) is 26.7 Å². The zero-order valence-corrected chi connectivity index (χ0v) is 11.3. The molecule has 2 rings (SSSR count). The number of aryl methyl sites for hydroxylation is 2. The van der Waals surface area contributed by atoms with Crippen LogP contribution in [0.2, 0.25) is 0 Å². The Morgan fingerprint density at radius 1 is 1.33 bits per heavy atom. The summed E-state index contributed by atoms with van der Waals surface area (Å²) in [4.78, 5) is 16.2. The van der Waals surface area contributed by atoms with Gasteiger partial charge in [0.1, 0.15) is 5.01 Å². The number of aromatic nitrogens is 1. The minimum absolute atomic E-state index is 0.206. The van der Waals surface area contributed by atoms with E-state index >= 15 is 0 Å². The number of nitrogens with zero attached hydrogens (tertiary/aromatic N) is 1. The molecule has 0 unspecified atom stereocenters. The molecule has 0 atom stereocenters. The molecule has 4 heteroatoms. The summed E-state index contributed by atoms with van der Waals surface area (Å²) >= 11 is 1.48. The summed E-state index contributed by atoms with van der Waals surface area (Å²) in [6.07, 6.45) is 1.70. The summed E-state index contributed by atoms with van der Waals surface area (Å²) < 4.78 is 0. The number of benzene rings is 1. The van der Waals surface area contributed by atoms with Crippen molar-refractivity contribution >= 4 is 17.3 Å². The van der Waals surface area contributed by atoms with Crippen LogP contribution in [0.5, 0.6) is 0 Å². The molecule has 94 valence electrons. The van der Waals surface area contributed by atoms with Gasteiger partial charge >= 0.3 is 5.97 Å². The molecule has 1 aromatic carbocycles. The van der Waals surface area contributed by atoms with Crippen molar-refractivity contribution in [3.8, 4) is 10.6 Å². The maximum atomic E-state index is 11.1. The van der Waals surface area contributed by atoms with Gasteiger partial charge in [-0.2, -0.15) is 0 Å². The van der Waals surface area contributed by atoms with Gasteiger partial charge in [-0.3, -0.25) is 0 Å². The van der Waals surface area contributed by atoms with E-state index in [1.807, 2.05) is 38.1 Å². The number of thiazole rings is 1. The van der Waals surface area contributed by atoms with E-state index in [0.717, 1.165) is 28.3 Å². The van der Waals surface area contributed by atoms with Crippen LogP contribution in [0.15, 0.2) is 24.3 Å². The van der Waals surface area contributed by atoms with Crippen LogP contribution >= 0.6 is 11.3 Å². The van der Waals surface area contributed by atoms with Crippen LogP contribution in [0.1, 0.15) is 34.3 Å². The summed E-state index contributed by atoms with van der Waals surface area (Å²) in [5.41, 5.74) is 2.37. The maximum absolute atomic E-state index is 11.1. The van der Waals surface area contributed by atoms with Crippen molar-refractivity contribution in [3.63, 3.8) is 0 Å². The molecular weight excluding hydrogens is 246 g/mol. The first-order valence-electron chi connectivity index (χ1n) is 5.92. The predicted molar refractivity (Wildman–Crippen MR) is 73.2 cm³/mol. The van der Waals surface area contributed by atoms with Gasteiger partial charge in [0.25, 0.3) is 0 Å². The zero-order chi connectivity index (χ0) is 13.1. The molecule has 0 aliphatic heterocycles. The quantitative estimate of drug-likeness (QED) is 0.911. The van der Waals surface area contributed by atoms with Crippen molar-refractivity contribution in [3.05, 3.63) is 40.4 Å². The summed E-state index contributed by atoms with van der Waals surface area (Å²) in [6.45, 7) is 4.06. The minimum Gasteiger partial charge on any atom is -0.476 e. The van der Waals surface area contributed by atoms with E-state index in [1.165, 1.54) is 16.9 Å². The third-order valence-corrected chi connectivity index (χ3v) is 3.84. The Morgan fingerprint density at radius 3 is 2.56 bits per heavy atom. The summed E-state index contributed by atoms with van der Waals surface area (Å²) in [6, 6.07) is 7.98. The number of carboxylic acids is 1. The third-order valence-electron chi connectivity index (χ3n) is 2.68. The van der Waals surface area contributed by atoms with Gasteiger partial charge in [0.15, 0.2) is 5.69 Å². The molecule has 0 bridgehead atoms. The van der Waals surface area contributed by atoms with Crippen LogP contribution in [0.4, 0.5) is 0 Å². The number of hydrogen-bond acceptors (Lipinski definition) is 3. The second kappa shape index (κ2) is 5.31. The summed E-state index contributed by atoms with van der Waals surface area (Å²) in [5, 5.41) is 9.93. The highest BCUT2D eigenvalue weighted by molar-refractivity contribution is 7.15. The van der Waals surface area contributed by atoms with Gasteiger partial charge in [-0.25, -0.2) is 9.78 Å². The van der Waals surface area contributed by atoms with Gasteiger partial charge in [-0.05, 0) is 13.3 Å². The van der Waals surface area contributed by atoms with E-state index in [1.54, 1.807) is 0 Å². The topological polar surface area (TPSA) is 50.2 Å². The fourth-order valence-electron chi connectivity index (χ4n) is 1.73. The lowest BCUT2D eigenvalue weighted by molar-refractivity contribution is 0.0690. The normalized spacial score (nSPS) is 10.6. The summed E-state index contributed by atoms with van der Waals surface area (Å²) in [5.74, 6) is -0.937. The average molecular weight is 261 g/mol. The molecule has 0 saturated carbocycles. The molecular formula is C14H15NO2S. The molecule has 1 heterocycles. The second-order valence-corrected chi connectivity index (χ2v) is 5.30. The van der Waals surface area contributed by atoms with Gasteiger partial charge in [0.2, 0.25) is 0 Å². The zero-order valence-electron chi connectivity index (χ0n) is 10.4. The highest BCUT2D eigenvalue weighted by atomic mass is 32.1. The third kappa shape index (κ3) is 2.59. The van der Waals surface area contributed by atoms with Crippen LogP contribution in [0.25, 0.3) is 10.6 Å². The van der Waals surface area contributed by atoms with Crippen molar-refractivity contribution in [2.75, 3.05) is 0 Å². The molecule has 0 aliphatic rings. The first-order chi connectivity index (χ1) is 8.61. The molecule has 1 aromatic heterocycles. The number of rotatable bonds is 4. The van der Waals surface area contributed by atoms with Gasteiger partial charge in [0.05, 0.1) is 0 Å². The molecule has 0 aliphatic carbocycles. The molecule has 0 saturated heterocycles. The Hall–Kier alpha value is -1.68. The number of carbonyl (C=O) groups is 1. The van der Waals surface area contributed by atoms with Gasteiger partial charge in [0, 0.05) is 10.4 Å². The Labute approximate surface area is 110 Å². The highest BCUT2D eigenvalue weighted by Crippen LogP contribution is 2.29. The molecule has 0 radical (unpaired) electrons. The van der Waals surface area contributed by atoms with Crippen LogP contribution in [-0.2, 0) is 6.42 Å². The smallest absolute Gasteiger partial charge is 0.355 e. The van der Waals surface area contributed by atoms with Crippen LogP contribution < -0.4 is 0 Å². The van der Waals surface area contributed by atoms with Crippen molar-refractivity contribution in [2.24, 2.45) is 0 Å². The van der Waals surface area contributed by atoms with Crippen LogP contribution in [-0.4, -0.2) is 16.1 Å². The minimum atomic E-state index is -0.937. The first-order valence-corrected chi connectivity index (χ1v) is 6.73. The lowest BCUT2D eigenvalue weighted by Gasteiger charge is -1.96. The predicted octanol–water partition coefficient (Wildman–Crippen LogP) is 3.77. The molecule has 0 spiro atoms. The fraction of sp³-hybridized carbons (Fsp3) is 0.286. The van der Waals surface area contributed by atoms with Crippen LogP contribution in [0.3, 0.4) is 0 Å². The average Bonchev–Trinajstić information content (AvgIpc) is 2.75. The van der Waals surface area contributed by atoms with Gasteiger partial charge in [-0.1, -0.05) is 43.2 Å². The lowest BCUT2D eigenvalue weighted by Crippen LogP contribution is -2.00. The highest BCUT2D eigenvalue weighted by Gasteiger charge is 2.17. The van der Waals surface area contributed by atoms with E-state index in [0.29, 0.717) is 0 Å². The monoisotopic (exact) mass is 261 g/mol. The second-order valence-electron chi connectivity index (χ2n) is 4.21. The molecule has 3 nitrogen and oxygen atoms in total. The Bertz CT molecular complexity index is 558. The van der Waals surface area contributed by atoms with E-state index in [-0.39, 0.29) is 5.69 Å². The molecule has 1 N–H and O–H groups in total. The Kier molecular flexibility index (Phi) is 3.77. The largest absolute Gasteiger partial charge is 0.476 e. The van der Waals surface area contributed by atoms with Crippen molar-refractivity contribution in [1.82, 2.24) is 4.98 Å². The van der Waals surface area contributed by atoms with Gasteiger partial charge in [-0.15, -0.1) is 11.3 Å². The Morgan fingerprint density at radius 2 is 2.00 bits per heavy atom. The van der Waals surface area contributed by atoms with Crippen molar-refractivity contribution in [1.29, 1.82) is 0 Å². The van der Waals surface area contributed by atoms with E-state index < -0.39 is 5.97 Å². The van der Waals surface area contributed by atoms with Crippen molar-refractivity contribution < 1.29 is 9.90 Å². The summed E-state index contributed by atoms with van der Waals surface area (Å²) in [7, 11) is 0. The fourth-order valence-corrected chi connectivity index (χ4v) is 2.90. The van der Waals surface area contributed by atoms with E-state index in [9.17, 15) is 4.79 Å². The number of hydrogen-bond donors (Lipinski definition) is 1. The first kappa shape index (κ1) is 12.8. The SMILES string of the molecule is CCCc1sc(-c2ccc(C)cc2)nc1C(=O)O. The van der Waals surface area contributed by atoms with E-state index in [4.69, 9.17) is 5.11 Å². The number of aromatic carboxylic acids is 1. The molecule has 0 fully saturated rings. The Balaban J connectivity index is 2.42. The van der Waals surface area contributed by atoms with Gasteiger partial charge < -0.3 is 5.11 Å². The standard InChI is InChI=1S/C14H15NO2S/c1-3-4-11-12(14(16)17)15-13(18-11)10-7-5-9(2)6-8-10/h5-8H,3-4H2,1-2H3,(H,16,17). The maximum Gasteiger partial charge on any atom is 0.355 e.